The average Bonchev–Trinajstić information content (AvgIpc) is 3.14. The van der Waals surface area contributed by atoms with Gasteiger partial charge in [0.15, 0.2) is 24.8 Å². The molecule has 0 saturated carbocycles. The minimum absolute atomic E-state index is 0.111. The van der Waals surface area contributed by atoms with E-state index in [9.17, 15) is 24.6 Å². The molecule has 16 heteroatoms. The van der Waals surface area contributed by atoms with Gasteiger partial charge in [-0.15, -0.1) is 0 Å². The summed E-state index contributed by atoms with van der Waals surface area (Å²) in [4.78, 5) is 43.6. The molecule has 0 aromatic rings. The molecule has 4 heterocycles. The summed E-state index contributed by atoms with van der Waals surface area (Å²) in [6, 6.07) is -0.539. The highest BCUT2D eigenvalue weighted by Crippen LogP contribution is 2.41. The molecule has 4 aliphatic rings. The summed E-state index contributed by atoms with van der Waals surface area (Å²) in [5.74, 6) is -3.72. The van der Waals surface area contributed by atoms with Gasteiger partial charge in [0.05, 0.1) is 54.7 Å². The number of methoxy groups -OCH3 is 1. The number of carbonyl (C=O) groups excluding carboxylic acids is 3. The molecule has 0 aromatic heterocycles. The van der Waals surface area contributed by atoms with E-state index in [1.165, 1.54) is 21.0 Å². The van der Waals surface area contributed by atoms with E-state index in [1.807, 2.05) is 60.5 Å². The molecule has 0 amide bonds. The zero-order chi connectivity index (χ0) is 45.9. The Bertz CT molecular complexity index is 1510. The standard InChI is InChI=1S/C45H78N2O14/c1-17-34-45(13,52)38-25(3)22-47(21-24(2)23-54-38)26(4)19-43(11,51)39(61-42-37(57-31(9)48)33(46(14)15)18-27(5)55-42)28(6)36(29(7)41(50)59-34)60-35-20-44(12,53-16)40(30(8)56-35)58-32(10)49/h25-30,33-40,42,51-52H,2,17-23H2,1,3-16H3/t25-,26+,27+,28-,29+,30-,33-,34+,35-,36-,37+,38+,39+,40-,42-,43+,44+,45+/m0/s1. The number of nitrogens with zero attached hydrogens (tertiary/aromatic N) is 2. The Labute approximate surface area is 364 Å². The first-order valence-corrected chi connectivity index (χ1v) is 22.1. The normalized spacial score (nSPS) is 45.8. The lowest BCUT2D eigenvalue weighted by molar-refractivity contribution is -0.319. The Morgan fingerprint density at radius 2 is 1.57 bits per heavy atom. The molecule has 4 saturated heterocycles. The number of hydrogen-bond donors (Lipinski definition) is 2. The fraction of sp³-hybridized carbons (Fsp3) is 0.889. The van der Waals surface area contributed by atoms with Crippen LogP contribution in [0.2, 0.25) is 0 Å². The molecule has 16 nitrogen and oxygen atoms in total. The summed E-state index contributed by atoms with van der Waals surface area (Å²) in [7, 11) is 5.33. The molecule has 0 aromatic carbocycles. The molecule has 0 spiro atoms. The van der Waals surface area contributed by atoms with Crippen molar-refractivity contribution in [3.8, 4) is 0 Å². The number of hydrogen-bond acceptors (Lipinski definition) is 16. The lowest BCUT2D eigenvalue weighted by Gasteiger charge is -2.49. The van der Waals surface area contributed by atoms with Crippen molar-refractivity contribution in [1.82, 2.24) is 9.80 Å². The van der Waals surface area contributed by atoms with Crippen LogP contribution in [-0.4, -0.2) is 169 Å². The van der Waals surface area contributed by atoms with Crippen LogP contribution < -0.4 is 0 Å². The van der Waals surface area contributed by atoms with Gasteiger partial charge in [-0.1, -0.05) is 27.4 Å². The monoisotopic (exact) mass is 871 g/mol. The highest BCUT2D eigenvalue weighted by Gasteiger charge is 2.54. The maximum Gasteiger partial charge on any atom is 0.311 e. The Hall–Kier alpha value is -2.25. The van der Waals surface area contributed by atoms with Gasteiger partial charge < -0.3 is 57.7 Å². The van der Waals surface area contributed by atoms with E-state index in [-0.39, 0.29) is 50.0 Å². The minimum Gasteiger partial charge on any atom is -0.459 e. The van der Waals surface area contributed by atoms with Gasteiger partial charge in [-0.2, -0.15) is 0 Å². The molecular weight excluding hydrogens is 792 g/mol. The zero-order valence-corrected chi connectivity index (χ0v) is 39.5. The summed E-state index contributed by atoms with van der Waals surface area (Å²) in [6.07, 6.45) is -7.46. The van der Waals surface area contributed by atoms with Crippen LogP contribution in [0.3, 0.4) is 0 Å². The number of carbonyl (C=O) groups is 3. The van der Waals surface area contributed by atoms with Crippen molar-refractivity contribution in [2.24, 2.45) is 17.8 Å². The highest BCUT2D eigenvalue weighted by molar-refractivity contribution is 5.73. The second-order valence-electron chi connectivity index (χ2n) is 19.3. The number of ether oxygens (including phenoxy) is 9. The van der Waals surface area contributed by atoms with Crippen molar-refractivity contribution < 1.29 is 67.2 Å². The van der Waals surface area contributed by atoms with Crippen LogP contribution in [0.15, 0.2) is 12.2 Å². The summed E-state index contributed by atoms with van der Waals surface area (Å²) in [5.41, 5.74) is -3.49. The zero-order valence-electron chi connectivity index (χ0n) is 39.5. The number of fused-ring (bicyclic) bond motifs is 3. The van der Waals surface area contributed by atoms with Gasteiger partial charge in [-0.05, 0) is 93.3 Å². The highest BCUT2D eigenvalue weighted by atomic mass is 16.7. The van der Waals surface area contributed by atoms with E-state index in [0.29, 0.717) is 19.5 Å². The summed E-state index contributed by atoms with van der Waals surface area (Å²) in [5, 5.41) is 25.3. The molecule has 19 atom stereocenters. The van der Waals surface area contributed by atoms with E-state index in [1.54, 1.807) is 27.7 Å². The van der Waals surface area contributed by atoms with Crippen LogP contribution >= 0.6 is 0 Å². The predicted octanol–water partition coefficient (Wildman–Crippen LogP) is 4.01. The van der Waals surface area contributed by atoms with Gasteiger partial charge in [-0.25, -0.2) is 0 Å². The maximum atomic E-state index is 14.6. The lowest BCUT2D eigenvalue weighted by Crippen LogP contribution is -2.61. The Morgan fingerprint density at radius 3 is 2.15 bits per heavy atom. The SMILES string of the molecule is C=C1CO[C@@H]2[C@@H](C)CN(C1)[C@H](C)C[C@@](C)(O)[C@H](O[C@@H]1O[C@H](C)C[C@H](N(C)C)[C@H]1OC(C)=O)[C@@H](C)[C@H](O[C@H]1C[C@@](C)(OC)[C@@H](OC(C)=O)[C@H](C)O1)[C@@H](C)C(=O)O[C@H](CC)[C@@]2(C)O. The van der Waals surface area contributed by atoms with Crippen molar-refractivity contribution in [3.05, 3.63) is 12.2 Å². The summed E-state index contributed by atoms with van der Waals surface area (Å²) >= 11 is 0. The summed E-state index contributed by atoms with van der Waals surface area (Å²) in [6.45, 7) is 26.3. The molecule has 2 N–H and O–H groups in total. The number of cyclic esters (lactones) is 1. The molecule has 1 unspecified atom stereocenters. The van der Waals surface area contributed by atoms with E-state index < -0.39 is 102 Å². The molecular formula is C45H78N2O14. The second kappa shape index (κ2) is 20.7. The average molecular weight is 871 g/mol. The van der Waals surface area contributed by atoms with E-state index in [0.717, 1.165) is 5.57 Å². The molecule has 61 heavy (non-hydrogen) atoms. The third-order valence-electron chi connectivity index (χ3n) is 13.5. The molecule has 4 aliphatic heterocycles. The van der Waals surface area contributed by atoms with Crippen LogP contribution in [0.4, 0.5) is 0 Å². The van der Waals surface area contributed by atoms with Gasteiger partial charge in [0, 0.05) is 52.4 Å². The molecule has 0 aliphatic carbocycles. The topological polar surface area (TPSA) is 181 Å². The quantitative estimate of drug-likeness (QED) is 0.193. The van der Waals surface area contributed by atoms with Crippen LogP contribution in [0.25, 0.3) is 0 Å². The van der Waals surface area contributed by atoms with Crippen molar-refractivity contribution in [3.63, 3.8) is 0 Å². The van der Waals surface area contributed by atoms with Gasteiger partial charge >= 0.3 is 17.9 Å². The third-order valence-corrected chi connectivity index (χ3v) is 13.5. The Morgan fingerprint density at radius 1 is 0.934 bits per heavy atom. The van der Waals surface area contributed by atoms with Crippen molar-refractivity contribution in [2.45, 2.75) is 199 Å². The van der Waals surface area contributed by atoms with Crippen LogP contribution in [0, 0.1) is 17.8 Å². The maximum absolute atomic E-state index is 14.6. The van der Waals surface area contributed by atoms with Gasteiger partial charge in [0.1, 0.15) is 17.3 Å². The fourth-order valence-electron chi connectivity index (χ4n) is 10.3. The van der Waals surface area contributed by atoms with Gasteiger partial charge in [-0.3, -0.25) is 19.3 Å². The first kappa shape index (κ1) is 51.4. The van der Waals surface area contributed by atoms with Crippen LogP contribution in [0.1, 0.15) is 109 Å². The van der Waals surface area contributed by atoms with Crippen LogP contribution in [0.5, 0.6) is 0 Å². The smallest absolute Gasteiger partial charge is 0.311 e. The lowest BCUT2D eigenvalue weighted by atomic mass is 9.78. The first-order valence-electron chi connectivity index (χ1n) is 22.1. The van der Waals surface area contributed by atoms with Crippen LogP contribution in [-0.2, 0) is 57.0 Å². The van der Waals surface area contributed by atoms with E-state index >= 15 is 0 Å². The molecule has 2 bridgehead atoms. The number of aliphatic hydroxyl groups is 2. The first-order chi connectivity index (χ1) is 28.3. The number of esters is 3. The molecule has 0 radical (unpaired) electrons. The van der Waals surface area contributed by atoms with E-state index in [2.05, 4.69) is 11.5 Å². The van der Waals surface area contributed by atoms with Crippen molar-refractivity contribution >= 4 is 17.9 Å². The van der Waals surface area contributed by atoms with E-state index in [4.69, 9.17) is 42.6 Å². The van der Waals surface area contributed by atoms with Gasteiger partial charge in [0.2, 0.25) is 0 Å². The fourth-order valence-corrected chi connectivity index (χ4v) is 10.3. The number of likely N-dealkylation sites (N-methyl/N-ethyl adjacent to an activating group) is 1. The molecule has 4 rings (SSSR count). The van der Waals surface area contributed by atoms with Crippen molar-refractivity contribution in [1.29, 1.82) is 0 Å². The van der Waals surface area contributed by atoms with Gasteiger partial charge in [0.25, 0.3) is 0 Å². The predicted molar refractivity (Wildman–Crippen MR) is 225 cm³/mol. The number of rotatable bonds is 9. The largest absolute Gasteiger partial charge is 0.459 e. The molecule has 352 valence electrons. The molecule has 4 fully saturated rings. The van der Waals surface area contributed by atoms with Crippen molar-refractivity contribution in [2.75, 3.05) is 40.9 Å². The Kier molecular flexibility index (Phi) is 17.5. The minimum atomic E-state index is -1.63. The summed E-state index contributed by atoms with van der Waals surface area (Å²) < 4.78 is 57.0. The Balaban J connectivity index is 1.90. The second-order valence-corrected chi connectivity index (χ2v) is 19.3. The third kappa shape index (κ3) is 12.1.